The van der Waals surface area contributed by atoms with Gasteiger partial charge in [0.25, 0.3) is 0 Å². The molecule has 3 aliphatic rings. The number of methoxy groups -OCH3 is 1. The highest BCUT2D eigenvalue weighted by Crippen LogP contribution is 2.44. The van der Waals surface area contributed by atoms with Crippen molar-refractivity contribution in [1.29, 1.82) is 0 Å². The molecule has 1 amide bonds. The van der Waals surface area contributed by atoms with Gasteiger partial charge in [0.1, 0.15) is 18.0 Å². The van der Waals surface area contributed by atoms with Gasteiger partial charge in [0, 0.05) is 30.2 Å². The van der Waals surface area contributed by atoms with E-state index in [0.29, 0.717) is 19.8 Å². The average molecular weight is 518 g/mol. The SMILES string of the molecule is COC[C@@H]1C[C@@H](C2=Cc3ccc4cc5c(cc4c3C2)OCc2cc(Cl)ccc2-5)N(C(=O)OC(C)(C)C)C1. The van der Waals surface area contributed by atoms with Crippen molar-refractivity contribution in [3.63, 3.8) is 0 Å². The summed E-state index contributed by atoms with van der Waals surface area (Å²) in [5.74, 6) is 1.19. The second-order valence-electron chi connectivity index (χ2n) is 11.4. The Kier molecular flexibility index (Phi) is 5.96. The molecule has 1 aliphatic carbocycles. The van der Waals surface area contributed by atoms with E-state index in [1.165, 1.54) is 33.0 Å². The molecule has 5 nitrogen and oxygen atoms in total. The van der Waals surface area contributed by atoms with Crippen LogP contribution in [0.5, 0.6) is 5.75 Å². The number of benzene rings is 3. The number of ether oxygens (including phenoxy) is 3. The largest absolute Gasteiger partial charge is 0.488 e. The number of carbonyl (C=O) groups is 1. The van der Waals surface area contributed by atoms with Crippen LogP contribution in [0.1, 0.15) is 43.9 Å². The summed E-state index contributed by atoms with van der Waals surface area (Å²) >= 11 is 6.22. The Labute approximate surface area is 223 Å². The Morgan fingerprint density at radius 1 is 1.14 bits per heavy atom. The fraction of sp³-hybridized carbons (Fsp3) is 0.387. The fourth-order valence-corrected chi connectivity index (χ4v) is 6.21. The molecule has 1 fully saturated rings. The Bertz CT molecular complexity index is 1440. The number of rotatable bonds is 3. The number of likely N-dealkylation sites (tertiary alicyclic amines) is 1. The van der Waals surface area contributed by atoms with Gasteiger partial charge in [-0.05, 0) is 96.5 Å². The summed E-state index contributed by atoms with van der Waals surface area (Å²) in [6.07, 6.45) is 3.70. The Balaban J connectivity index is 1.33. The van der Waals surface area contributed by atoms with E-state index >= 15 is 0 Å². The summed E-state index contributed by atoms with van der Waals surface area (Å²) in [4.78, 5) is 15.1. The molecule has 3 aromatic carbocycles. The number of hydrogen-bond donors (Lipinski definition) is 0. The zero-order valence-corrected chi connectivity index (χ0v) is 22.5. The van der Waals surface area contributed by atoms with E-state index in [-0.39, 0.29) is 18.1 Å². The number of hydrogen-bond acceptors (Lipinski definition) is 4. The third-order valence-corrected chi connectivity index (χ3v) is 7.81. The van der Waals surface area contributed by atoms with E-state index in [0.717, 1.165) is 34.7 Å². The van der Waals surface area contributed by atoms with E-state index in [2.05, 4.69) is 36.4 Å². The molecule has 2 heterocycles. The van der Waals surface area contributed by atoms with Crippen molar-refractivity contribution in [3.05, 3.63) is 69.8 Å². The maximum Gasteiger partial charge on any atom is 0.410 e. The van der Waals surface area contributed by atoms with Crippen LogP contribution in [0.3, 0.4) is 0 Å². The van der Waals surface area contributed by atoms with Crippen LogP contribution >= 0.6 is 11.6 Å². The normalized spacial score (nSPS) is 20.2. The van der Waals surface area contributed by atoms with Crippen LogP contribution in [-0.2, 0) is 22.5 Å². The lowest BCUT2D eigenvalue weighted by molar-refractivity contribution is 0.0237. The maximum absolute atomic E-state index is 13.2. The second kappa shape index (κ2) is 9.07. The zero-order valence-electron chi connectivity index (χ0n) is 21.8. The summed E-state index contributed by atoms with van der Waals surface area (Å²) < 4.78 is 17.4. The summed E-state index contributed by atoms with van der Waals surface area (Å²) in [5, 5.41) is 3.12. The molecule has 0 radical (unpaired) electrons. The highest BCUT2D eigenvalue weighted by Gasteiger charge is 2.40. The standard InChI is InChI=1S/C31H32ClNO4/c1-31(2,3)37-30(34)33-15-18(16-35-4)9-28(33)21-10-19-5-6-20-12-27-24-8-7-23(32)11-22(24)17-36-29(27)14-26(20)25(19)13-21/h5-8,10-12,14,18,28H,9,13,15-17H2,1-4H3/t18-,28+/m1/s1. The zero-order chi connectivity index (χ0) is 25.9. The van der Waals surface area contributed by atoms with E-state index in [1.54, 1.807) is 7.11 Å². The molecule has 0 saturated carbocycles. The van der Waals surface area contributed by atoms with Gasteiger partial charge in [-0.15, -0.1) is 0 Å². The van der Waals surface area contributed by atoms with Crippen molar-refractivity contribution in [3.8, 4) is 16.9 Å². The van der Waals surface area contributed by atoms with E-state index in [4.69, 9.17) is 25.8 Å². The summed E-state index contributed by atoms with van der Waals surface area (Å²) in [7, 11) is 1.72. The number of fused-ring (bicyclic) bond motifs is 6. The minimum absolute atomic E-state index is 0.00273. The van der Waals surface area contributed by atoms with Gasteiger partial charge in [0.05, 0.1) is 12.6 Å². The molecule has 6 heteroatoms. The maximum atomic E-state index is 13.2. The Hall–Kier alpha value is -3.02. The van der Waals surface area contributed by atoms with E-state index in [1.807, 2.05) is 37.8 Å². The first-order valence-corrected chi connectivity index (χ1v) is 13.3. The molecule has 0 unspecified atom stereocenters. The summed E-state index contributed by atoms with van der Waals surface area (Å²) in [6, 6.07) is 14.8. The lowest BCUT2D eigenvalue weighted by Crippen LogP contribution is -2.40. The van der Waals surface area contributed by atoms with Gasteiger partial charge < -0.3 is 19.1 Å². The van der Waals surface area contributed by atoms with Crippen LogP contribution in [0.2, 0.25) is 5.02 Å². The first-order chi connectivity index (χ1) is 17.7. The lowest BCUT2D eigenvalue weighted by atomic mass is 9.91. The third kappa shape index (κ3) is 4.49. The molecular weight excluding hydrogens is 486 g/mol. The summed E-state index contributed by atoms with van der Waals surface area (Å²) in [5.41, 5.74) is 6.61. The van der Waals surface area contributed by atoms with E-state index < -0.39 is 5.60 Å². The second-order valence-corrected chi connectivity index (χ2v) is 11.8. The van der Waals surface area contributed by atoms with Gasteiger partial charge in [0.2, 0.25) is 0 Å². The van der Waals surface area contributed by atoms with Gasteiger partial charge in [-0.25, -0.2) is 4.79 Å². The van der Waals surface area contributed by atoms with Gasteiger partial charge in [0.15, 0.2) is 0 Å². The lowest BCUT2D eigenvalue weighted by Gasteiger charge is -2.29. The number of carbonyl (C=O) groups excluding carboxylic acids is 1. The minimum atomic E-state index is -0.534. The molecule has 0 N–H and O–H groups in total. The number of amides is 1. The number of nitrogens with zero attached hydrogens (tertiary/aromatic N) is 1. The molecule has 6 rings (SSSR count). The van der Waals surface area contributed by atoms with Crippen molar-refractivity contribution in [2.24, 2.45) is 5.92 Å². The van der Waals surface area contributed by atoms with Crippen molar-refractivity contribution in [2.45, 2.75) is 51.9 Å². The molecule has 2 aliphatic heterocycles. The molecule has 0 spiro atoms. The first-order valence-electron chi connectivity index (χ1n) is 12.9. The first kappa shape index (κ1) is 24.3. The highest BCUT2D eigenvalue weighted by atomic mass is 35.5. The topological polar surface area (TPSA) is 48.0 Å². The molecular formula is C31H32ClNO4. The molecule has 37 heavy (non-hydrogen) atoms. The quantitative estimate of drug-likeness (QED) is 0.366. The Morgan fingerprint density at radius 2 is 1.97 bits per heavy atom. The van der Waals surface area contributed by atoms with Crippen LogP contribution in [-0.4, -0.2) is 42.9 Å². The minimum Gasteiger partial charge on any atom is -0.488 e. The molecule has 0 aromatic heterocycles. The van der Waals surface area contributed by atoms with Gasteiger partial charge >= 0.3 is 6.09 Å². The molecule has 2 atom stereocenters. The monoisotopic (exact) mass is 517 g/mol. The molecule has 1 saturated heterocycles. The highest BCUT2D eigenvalue weighted by molar-refractivity contribution is 6.30. The fourth-order valence-electron chi connectivity index (χ4n) is 6.02. The van der Waals surface area contributed by atoms with Crippen LogP contribution in [0.15, 0.2) is 48.0 Å². The van der Waals surface area contributed by atoms with Crippen LogP contribution in [0.4, 0.5) is 4.79 Å². The average Bonchev–Trinajstić information content (AvgIpc) is 3.46. The van der Waals surface area contributed by atoms with Crippen LogP contribution < -0.4 is 4.74 Å². The van der Waals surface area contributed by atoms with Crippen LogP contribution in [0, 0.1) is 5.92 Å². The van der Waals surface area contributed by atoms with E-state index in [9.17, 15) is 4.79 Å². The summed E-state index contributed by atoms with van der Waals surface area (Å²) in [6.45, 7) is 7.53. The Morgan fingerprint density at radius 3 is 2.76 bits per heavy atom. The molecule has 192 valence electrons. The van der Waals surface area contributed by atoms with Crippen molar-refractivity contribution in [2.75, 3.05) is 20.3 Å². The van der Waals surface area contributed by atoms with Crippen molar-refractivity contribution >= 4 is 34.5 Å². The van der Waals surface area contributed by atoms with Gasteiger partial charge in [-0.2, -0.15) is 0 Å². The molecule has 3 aromatic rings. The predicted octanol–water partition coefficient (Wildman–Crippen LogP) is 7.26. The third-order valence-electron chi connectivity index (χ3n) is 7.58. The predicted molar refractivity (Wildman–Crippen MR) is 147 cm³/mol. The number of halogens is 1. The molecule has 0 bridgehead atoms. The van der Waals surface area contributed by atoms with Crippen molar-refractivity contribution in [1.82, 2.24) is 4.90 Å². The van der Waals surface area contributed by atoms with Crippen molar-refractivity contribution < 1.29 is 19.0 Å². The smallest absolute Gasteiger partial charge is 0.410 e. The van der Waals surface area contributed by atoms with Gasteiger partial charge in [-0.1, -0.05) is 35.9 Å². The van der Waals surface area contributed by atoms with Crippen LogP contribution in [0.25, 0.3) is 28.0 Å². The van der Waals surface area contributed by atoms with Gasteiger partial charge in [-0.3, -0.25) is 0 Å².